The maximum absolute atomic E-state index is 10.2. The summed E-state index contributed by atoms with van der Waals surface area (Å²) in [5.74, 6) is 0. The highest BCUT2D eigenvalue weighted by Gasteiger charge is 2.00. The minimum Gasteiger partial charge on any atom is -0.631 e. The smallest absolute Gasteiger partial charge is 0.245 e. The maximum Gasteiger partial charge on any atom is 0.245 e. The van der Waals surface area contributed by atoms with Crippen LogP contribution in [0.15, 0.2) is 30.3 Å². The zero-order chi connectivity index (χ0) is 8.27. The van der Waals surface area contributed by atoms with Gasteiger partial charge in [0.05, 0.1) is 0 Å². The van der Waals surface area contributed by atoms with Gasteiger partial charge in [-0.15, -0.1) is 0 Å². The molecule has 0 aliphatic carbocycles. The third-order valence-corrected chi connectivity index (χ3v) is 1.81. The Hall–Kier alpha value is -0.730. The number of aliphatic hydroxyl groups excluding tert-OH is 1. The van der Waals surface area contributed by atoms with Crippen molar-refractivity contribution in [3.8, 4) is 0 Å². The lowest BCUT2D eigenvalue weighted by molar-refractivity contribution is -0.282. The summed E-state index contributed by atoms with van der Waals surface area (Å²) in [5.41, 5.74) is -0.260. The quantitative estimate of drug-likeness (QED) is 0.580. The minimum atomic E-state index is -2.87. The number of rotatable bonds is 1. The summed E-state index contributed by atoms with van der Waals surface area (Å²) in [4.78, 5) is 20.5. The summed E-state index contributed by atoms with van der Waals surface area (Å²) >= 11 is 0. The van der Waals surface area contributed by atoms with Crippen molar-refractivity contribution in [2.45, 2.75) is 0 Å². The first-order valence-electron chi connectivity index (χ1n) is 2.97. The molecule has 0 saturated heterocycles. The van der Waals surface area contributed by atoms with Gasteiger partial charge in [0.1, 0.15) is 0 Å². The van der Waals surface area contributed by atoms with E-state index in [4.69, 9.17) is 5.11 Å². The Morgan fingerprint density at radius 1 is 1.18 bits per heavy atom. The molecule has 3 nitrogen and oxygen atoms in total. The van der Waals surface area contributed by atoms with Crippen molar-refractivity contribution in [1.29, 1.82) is 0 Å². The van der Waals surface area contributed by atoms with Crippen molar-refractivity contribution < 1.29 is 14.9 Å². The first-order valence-corrected chi connectivity index (χ1v) is 4.15. The van der Waals surface area contributed by atoms with Crippen LogP contribution in [0.3, 0.4) is 0 Å². The third-order valence-electron chi connectivity index (χ3n) is 1.20. The highest BCUT2D eigenvalue weighted by Crippen LogP contribution is 2.07. The average molecular weight is 169 g/mol. The Balaban J connectivity index is 3.04. The van der Waals surface area contributed by atoms with Gasteiger partial charge in [0, 0.05) is 13.6 Å². The van der Waals surface area contributed by atoms with Gasteiger partial charge < -0.3 is 14.9 Å². The van der Waals surface area contributed by atoms with Gasteiger partial charge in [-0.05, 0) is 12.1 Å². The van der Waals surface area contributed by atoms with E-state index in [1.165, 1.54) is 12.1 Å². The van der Waals surface area contributed by atoms with Crippen LogP contribution in [-0.2, 0) is 0 Å². The Bertz CT molecular complexity index is 264. The van der Waals surface area contributed by atoms with Crippen molar-refractivity contribution in [1.82, 2.24) is 0 Å². The molecule has 0 spiro atoms. The molecule has 0 amide bonds. The summed E-state index contributed by atoms with van der Waals surface area (Å²) in [6, 6.07) is 8.12. The van der Waals surface area contributed by atoms with Crippen LogP contribution in [0.1, 0.15) is 5.56 Å². The van der Waals surface area contributed by atoms with Crippen LogP contribution < -0.4 is 9.79 Å². The van der Waals surface area contributed by atoms with Gasteiger partial charge >= 0.3 is 0 Å². The van der Waals surface area contributed by atoms with Gasteiger partial charge in [0.15, 0.2) is 0 Å². The molecule has 0 aromatic heterocycles. The van der Waals surface area contributed by atoms with Gasteiger partial charge in [-0.2, -0.15) is 0 Å². The van der Waals surface area contributed by atoms with Crippen molar-refractivity contribution in [3.63, 3.8) is 0 Å². The summed E-state index contributed by atoms with van der Waals surface area (Å²) < 4.78 is 0. The second kappa shape index (κ2) is 3.60. The number of benzene rings is 1. The standard InChI is InChI=1S/C7H7O3P/c8-7(11(9)10)6-4-2-1-3-5-6/h1-5,8H,(H,9,10)/p-1. The van der Waals surface area contributed by atoms with Crippen molar-refractivity contribution >= 4 is 13.5 Å². The van der Waals surface area contributed by atoms with E-state index in [0.29, 0.717) is 5.56 Å². The largest absolute Gasteiger partial charge is 0.631 e. The normalized spacial score (nSPS) is 9.36. The van der Waals surface area contributed by atoms with Crippen LogP contribution in [0.5, 0.6) is 0 Å². The summed E-state index contributed by atoms with van der Waals surface area (Å²) in [7, 11) is -2.87. The molecule has 4 heteroatoms. The molecule has 1 aromatic carbocycles. The molecule has 11 heavy (non-hydrogen) atoms. The van der Waals surface area contributed by atoms with Gasteiger partial charge in [-0.3, -0.25) is 0 Å². The topological polar surface area (TPSA) is 66.3 Å². The molecule has 58 valence electrons. The molecule has 0 radical (unpaired) electrons. The number of aliphatic hydroxyl groups is 1. The predicted molar refractivity (Wildman–Crippen MR) is 39.4 cm³/mol. The first-order chi connectivity index (χ1) is 5.22. The van der Waals surface area contributed by atoms with Crippen molar-refractivity contribution in [2.24, 2.45) is 0 Å². The zero-order valence-electron chi connectivity index (χ0n) is 5.60. The molecule has 0 atom stereocenters. The molecule has 0 aliphatic heterocycles. The Kier molecular flexibility index (Phi) is 2.74. The summed E-state index contributed by atoms with van der Waals surface area (Å²) in [6.45, 7) is 0. The molecule has 1 N–H and O–H groups in total. The molecule has 0 fully saturated rings. The lowest BCUT2D eigenvalue weighted by Gasteiger charge is -2.02. The van der Waals surface area contributed by atoms with Crippen LogP contribution in [0.2, 0.25) is 0 Å². The second-order valence-corrected chi connectivity index (χ2v) is 2.88. The minimum absolute atomic E-state index is 0.323. The van der Waals surface area contributed by atoms with Crippen LogP contribution >= 0.6 is 8.00 Å². The SMILES string of the molecule is [O-][P+]([O-])=C(O)c1ccccc1. The molecular weight excluding hydrogens is 163 g/mol. The maximum atomic E-state index is 10.2. The predicted octanol–water partition coefficient (Wildman–Crippen LogP) is -0.430. The van der Waals surface area contributed by atoms with Crippen molar-refractivity contribution in [3.05, 3.63) is 35.9 Å². The van der Waals surface area contributed by atoms with E-state index in [1.54, 1.807) is 18.2 Å². The van der Waals surface area contributed by atoms with E-state index in [0.717, 1.165) is 0 Å². The van der Waals surface area contributed by atoms with E-state index in [2.05, 4.69) is 0 Å². The second-order valence-electron chi connectivity index (χ2n) is 1.95. The fraction of sp³-hybridized carbons (Fsp3) is 0. The Morgan fingerprint density at radius 3 is 2.18 bits per heavy atom. The van der Waals surface area contributed by atoms with Crippen LogP contribution in [-0.4, -0.2) is 10.6 Å². The highest BCUT2D eigenvalue weighted by molar-refractivity contribution is 7.44. The van der Waals surface area contributed by atoms with Crippen molar-refractivity contribution in [2.75, 3.05) is 0 Å². The highest BCUT2D eigenvalue weighted by atomic mass is 31.1. The zero-order valence-corrected chi connectivity index (χ0v) is 6.49. The van der Waals surface area contributed by atoms with Crippen LogP contribution in [0.25, 0.3) is 0 Å². The van der Waals surface area contributed by atoms with E-state index >= 15 is 0 Å². The summed E-state index contributed by atoms with van der Waals surface area (Å²) in [5, 5.41) is 8.92. The van der Waals surface area contributed by atoms with Gasteiger partial charge in [0.2, 0.25) is 5.48 Å². The molecule has 0 heterocycles. The van der Waals surface area contributed by atoms with Gasteiger partial charge in [0.25, 0.3) is 0 Å². The molecule has 0 saturated carbocycles. The Morgan fingerprint density at radius 2 is 1.73 bits per heavy atom. The summed E-state index contributed by atoms with van der Waals surface area (Å²) in [6.07, 6.45) is 0. The molecule has 0 aliphatic rings. The third kappa shape index (κ3) is 2.10. The lowest BCUT2D eigenvalue weighted by Crippen LogP contribution is -2.11. The molecule has 0 unspecified atom stereocenters. The van der Waals surface area contributed by atoms with E-state index in [-0.39, 0.29) is 0 Å². The molecule has 1 rings (SSSR count). The molecule has 0 bridgehead atoms. The van der Waals surface area contributed by atoms with Gasteiger partial charge in [-0.1, -0.05) is 18.2 Å². The van der Waals surface area contributed by atoms with E-state index < -0.39 is 13.5 Å². The average Bonchev–Trinajstić information content (AvgIpc) is 2.05. The fourth-order valence-electron chi connectivity index (χ4n) is 0.693. The van der Waals surface area contributed by atoms with Gasteiger partial charge in [-0.25, -0.2) is 0 Å². The number of hydrogen-bond donors (Lipinski definition) is 1. The molecule has 1 aromatic rings. The first kappa shape index (κ1) is 8.37. The van der Waals surface area contributed by atoms with E-state index in [1.807, 2.05) is 0 Å². The van der Waals surface area contributed by atoms with E-state index in [9.17, 15) is 9.79 Å². The fourth-order valence-corrected chi connectivity index (χ4v) is 1.05. The lowest BCUT2D eigenvalue weighted by atomic mass is 10.2. The van der Waals surface area contributed by atoms with Crippen LogP contribution in [0, 0.1) is 0 Å². The Labute approximate surface area is 65.1 Å². The monoisotopic (exact) mass is 169 g/mol. The number of hydrogen-bond acceptors (Lipinski definition) is 2. The van der Waals surface area contributed by atoms with Crippen LogP contribution in [0.4, 0.5) is 0 Å². The molecular formula is C7H6O3P-.